The molecule has 2 aliphatic heterocycles. The number of aromatic carboxylic acids is 1. The molecule has 5 rings (SSSR count). The van der Waals surface area contributed by atoms with Crippen LogP contribution >= 0.6 is 0 Å². The highest BCUT2D eigenvalue weighted by atomic mass is 16.5. The fraction of sp³-hybridized carbons (Fsp3) is 0.423. The lowest BCUT2D eigenvalue weighted by Crippen LogP contribution is -2.54. The molecule has 2 aliphatic rings. The van der Waals surface area contributed by atoms with Gasteiger partial charge in [-0.15, -0.1) is 0 Å². The van der Waals surface area contributed by atoms with Crippen LogP contribution < -0.4 is 4.48 Å². The number of morpholine rings is 1. The molecular weight excluding hydrogens is 476 g/mol. The van der Waals surface area contributed by atoms with Gasteiger partial charge in [-0.05, 0) is 23.8 Å². The Morgan fingerprint density at radius 3 is 2.41 bits per heavy atom. The summed E-state index contributed by atoms with van der Waals surface area (Å²) in [5.41, 5.74) is 2.73. The number of aromatic nitrogens is 3. The summed E-state index contributed by atoms with van der Waals surface area (Å²) in [5, 5.41) is 20.0. The average Bonchev–Trinajstić information content (AvgIpc) is 2.88. The maximum Gasteiger partial charge on any atom is 0.354 e. The molecule has 194 valence electrons. The fourth-order valence-electron chi connectivity index (χ4n) is 4.89. The number of piperazine rings is 1. The number of quaternary nitrogens is 1. The van der Waals surface area contributed by atoms with Gasteiger partial charge >= 0.3 is 11.9 Å². The van der Waals surface area contributed by atoms with E-state index in [0.717, 1.165) is 5.56 Å². The summed E-state index contributed by atoms with van der Waals surface area (Å²) in [5.74, 6) is -0.405. The Morgan fingerprint density at radius 1 is 1.03 bits per heavy atom. The molecule has 0 saturated carbocycles. The molecule has 2 N–H and O–H groups in total. The first-order valence-corrected chi connectivity index (χ1v) is 12.4. The topological polar surface area (TPSA) is 129 Å². The molecule has 37 heavy (non-hydrogen) atoms. The summed E-state index contributed by atoms with van der Waals surface area (Å²) in [4.78, 5) is 42.2. The molecule has 1 amide bonds. The van der Waals surface area contributed by atoms with Crippen molar-refractivity contribution in [3.05, 3.63) is 41.6 Å². The summed E-state index contributed by atoms with van der Waals surface area (Å²) in [6.07, 6.45) is 0. The predicted octanol–water partition coefficient (Wildman–Crippen LogP) is 1.73. The monoisotopic (exact) mass is 507 g/mol. The molecule has 1 aromatic carbocycles. The van der Waals surface area contributed by atoms with Gasteiger partial charge in [0.15, 0.2) is 0 Å². The fourth-order valence-corrected chi connectivity index (χ4v) is 4.89. The van der Waals surface area contributed by atoms with Crippen molar-refractivity contribution in [3.8, 4) is 17.0 Å². The maximum absolute atomic E-state index is 12.1. The first-order chi connectivity index (χ1) is 17.7. The number of carbonyl (C=O) groups is 2. The first kappa shape index (κ1) is 25.0. The Kier molecular flexibility index (Phi) is 6.76. The zero-order chi connectivity index (χ0) is 26.2. The van der Waals surface area contributed by atoms with Gasteiger partial charge in [-0.1, -0.05) is 12.1 Å². The molecule has 2 fully saturated rings. The van der Waals surface area contributed by atoms with E-state index in [1.807, 2.05) is 11.0 Å². The number of carboxylic acids is 1. The lowest BCUT2D eigenvalue weighted by molar-refractivity contribution is -0.130. The zero-order valence-electron chi connectivity index (χ0n) is 21.1. The molecule has 0 spiro atoms. The third kappa shape index (κ3) is 5.10. The number of phenolic OH excluding ortho intramolecular Hbond substituents is 1. The lowest BCUT2D eigenvalue weighted by Gasteiger charge is -2.35. The van der Waals surface area contributed by atoms with Crippen LogP contribution in [0.15, 0.2) is 30.3 Å². The molecule has 0 unspecified atom stereocenters. The maximum atomic E-state index is 12.1. The number of pyridine rings is 1. The largest absolute Gasteiger partial charge is 0.508 e. The average molecular weight is 508 g/mol. The van der Waals surface area contributed by atoms with E-state index < -0.39 is 5.97 Å². The summed E-state index contributed by atoms with van der Waals surface area (Å²) < 4.78 is 6.05. The smallest absolute Gasteiger partial charge is 0.354 e. The van der Waals surface area contributed by atoms with E-state index in [1.54, 1.807) is 31.2 Å². The highest BCUT2D eigenvalue weighted by Crippen LogP contribution is 2.33. The van der Waals surface area contributed by atoms with E-state index in [0.29, 0.717) is 91.7 Å². The van der Waals surface area contributed by atoms with Crippen molar-refractivity contribution in [3.63, 3.8) is 0 Å². The second-order valence-electron chi connectivity index (χ2n) is 9.83. The number of carboxylic acid groups (broad SMARTS) is 1. The normalized spacial score (nSPS) is 18.2. The standard InChI is InChI=1S/C26H30N6O5/c1-17(33)31-8-6-30(7-9-31)16-19-15-21(25(35)36)27-24-22(18-4-3-5-20(34)14-18)28-26(29-23(19)24)32(2)10-12-37-13-11-32/h3-5,14-15H,6-13,16H2,1-2H3,(H-,34,35,36)/p+1. The minimum atomic E-state index is -1.14. The Balaban J connectivity index is 1.67. The van der Waals surface area contributed by atoms with E-state index in [9.17, 15) is 19.8 Å². The van der Waals surface area contributed by atoms with Gasteiger partial charge in [-0.25, -0.2) is 9.78 Å². The summed E-state index contributed by atoms with van der Waals surface area (Å²) in [6, 6.07) is 8.30. The van der Waals surface area contributed by atoms with Gasteiger partial charge in [0.05, 0.1) is 20.3 Å². The summed E-state index contributed by atoms with van der Waals surface area (Å²) in [7, 11) is 2.07. The van der Waals surface area contributed by atoms with Crippen LogP contribution in [0.5, 0.6) is 5.75 Å². The van der Waals surface area contributed by atoms with Gasteiger partial charge in [0.1, 0.15) is 41.3 Å². The number of rotatable bonds is 5. The number of fused-ring (bicyclic) bond motifs is 1. The van der Waals surface area contributed by atoms with E-state index in [2.05, 4.69) is 16.9 Å². The third-order valence-electron chi connectivity index (χ3n) is 7.21. The molecule has 4 heterocycles. The van der Waals surface area contributed by atoms with Crippen molar-refractivity contribution in [2.24, 2.45) is 0 Å². The van der Waals surface area contributed by atoms with Crippen LogP contribution in [-0.2, 0) is 16.1 Å². The second kappa shape index (κ2) is 10.0. The molecule has 0 radical (unpaired) electrons. The third-order valence-corrected chi connectivity index (χ3v) is 7.21. The van der Waals surface area contributed by atoms with Crippen LogP contribution in [0.3, 0.4) is 0 Å². The Hall–Kier alpha value is -3.67. The van der Waals surface area contributed by atoms with Crippen LogP contribution in [0.4, 0.5) is 5.95 Å². The van der Waals surface area contributed by atoms with Crippen LogP contribution in [-0.4, -0.2) is 106 Å². The van der Waals surface area contributed by atoms with Crippen molar-refractivity contribution in [1.29, 1.82) is 0 Å². The van der Waals surface area contributed by atoms with Gasteiger partial charge in [-0.3, -0.25) is 14.2 Å². The number of phenols is 1. The molecule has 11 nitrogen and oxygen atoms in total. The van der Waals surface area contributed by atoms with Crippen molar-refractivity contribution in [2.75, 3.05) is 59.5 Å². The number of carbonyl (C=O) groups excluding carboxylic acids is 1. The van der Waals surface area contributed by atoms with Crippen LogP contribution in [0.1, 0.15) is 23.0 Å². The number of benzene rings is 1. The number of nitrogens with zero attached hydrogens (tertiary/aromatic N) is 6. The van der Waals surface area contributed by atoms with Crippen LogP contribution in [0, 0.1) is 0 Å². The predicted molar refractivity (Wildman–Crippen MR) is 137 cm³/mol. The number of amides is 1. The minimum absolute atomic E-state index is 0.0535. The van der Waals surface area contributed by atoms with Gasteiger partial charge < -0.3 is 19.8 Å². The van der Waals surface area contributed by atoms with Gasteiger partial charge in [-0.2, -0.15) is 9.97 Å². The summed E-state index contributed by atoms with van der Waals surface area (Å²) >= 11 is 0. The van der Waals surface area contributed by atoms with Gasteiger partial charge in [0.2, 0.25) is 5.91 Å². The van der Waals surface area contributed by atoms with Crippen LogP contribution in [0.25, 0.3) is 22.3 Å². The van der Waals surface area contributed by atoms with E-state index in [4.69, 9.17) is 14.7 Å². The molecule has 2 saturated heterocycles. The quantitative estimate of drug-likeness (QED) is 0.496. The van der Waals surface area contributed by atoms with Crippen molar-refractivity contribution in [2.45, 2.75) is 13.5 Å². The molecular formula is C26H31N6O5+. The molecule has 0 aliphatic carbocycles. The second-order valence-corrected chi connectivity index (χ2v) is 9.83. The number of hydrogen-bond donors (Lipinski definition) is 2. The Labute approximate surface area is 214 Å². The van der Waals surface area contributed by atoms with Gasteiger partial charge in [0, 0.05) is 45.2 Å². The molecule has 0 atom stereocenters. The lowest BCUT2D eigenvalue weighted by atomic mass is 10.1. The molecule has 0 bridgehead atoms. The minimum Gasteiger partial charge on any atom is -0.508 e. The van der Waals surface area contributed by atoms with E-state index >= 15 is 0 Å². The number of ether oxygens (including phenoxy) is 1. The highest BCUT2D eigenvalue weighted by molar-refractivity contribution is 5.96. The highest BCUT2D eigenvalue weighted by Gasteiger charge is 2.33. The van der Waals surface area contributed by atoms with Crippen molar-refractivity contribution in [1.82, 2.24) is 29.2 Å². The SMILES string of the molecule is CC(=O)N1CCN(Cc2cc(C(=O)O)nc3c(-c4cccc(O)c4)nc([N+]4(C)CCOCC4)nc23)CC1. The first-order valence-electron chi connectivity index (χ1n) is 12.4. The van der Waals surface area contributed by atoms with Crippen LogP contribution in [0.2, 0.25) is 0 Å². The molecule has 3 aromatic rings. The van der Waals surface area contributed by atoms with E-state index in [-0.39, 0.29) is 17.4 Å². The number of aromatic hydroxyl groups is 1. The van der Waals surface area contributed by atoms with E-state index in [1.165, 1.54) is 0 Å². The van der Waals surface area contributed by atoms with Gasteiger partial charge in [0.25, 0.3) is 0 Å². The summed E-state index contributed by atoms with van der Waals surface area (Å²) in [6.45, 7) is 7.20. The number of likely N-dealkylation sites (N-methyl/N-ethyl adjacent to an activating group) is 1. The van der Waals surface area contributed by atoms with Crippen molar-refractivity contribution < 1.29 is 24.5 Å². The number of hydrogen-bond acceptors (Lipinski definition) is 8. The molecule has 11 heteroatoms. The van der Waals surface area contributed by atoms with Crippen molar-refractivity contribution >= 4 is 28.9 Å². The Bertz CT molecular complexity index is 1350. The zero-order valence-corrected chi connectivity index (χ0v) is 21.1. The Morgan fingerprint density at radius 2 is 1.76 bits per heavy atom. The molecule has 2 aromatic heterocycles.